The summed E-state index contributed by atoms with van der Waals surface area (Å²) in [5, 5.41) is 3.06. The van der Waals surface area contributed by atoms with Crippen molar-refractivity contribution >= 4 is 5.97 Å². The second-order valence-corrected chi connectivity index (χ2v) is 4.27. The molecule has 0 amide bonds. The van der Waals surface area contributed by atoms with Gasteiger partial charge in [-0.3, -0.25) is 14.2 Å². The first-order chi connectivity index (χ1) is 8.97. The Kier molecular flexibility index (Phi) is 5.50. The zero-order valence-corrected chi connectivity index (χ0v) is 11.4. The van der Waals surface area contributed by atoms with Crippen molar-refractivity contribution in [2.24, 2.45) is 14.1 Å². The average molecular weight is 269 g/mol. The van der Waals surface area contributed by atoms with Crippen LogP contribution in [0.4, 0.5) is 0 Å². The van der Waals surface area contributed by atoms with Crippen LogP contribution in [-0.4, -0.2) is 28.8 Å². The highest BCUT2D eigenvalue weighted by Gasteiger charge is 2.06. The van der Waals surface area contributed by atoms with Gasteiger partial charge in [-0.1, -0.05) is 0 Å². The Bertz CT molecular complexity index is 559. The van der Waals surface area contributed by atoms with Crippen LogP contribution in [0.2, 0.25) is 0 Å². The van der Waals surface area contributed by atoms with Crippen LogP contribution >= 0.6 is 0 Å². The minimum Gasteiger partial charge on any atom is -0.469 e. The summed E-state index contributed by atoms with van der Waals surface area (Å²) in [7, 11) is 4.40. The number of hydrogen-bond acceptors (Lipinski definition) is 5. The molecule has 0 saturated carbocycles. The molecule has 1 N–H and O–H groups in total. The molecule has 106 valence electrons. The van der Waals surface area contributed by atoms with E-state index in [0.717, 1.165) is 4.57 Å². The smallest absolute Gasteiger partial charge is 0.330 e. The maximum atomic E-state index is 11.8. The zero-order valence-electron chi connectivity index (χ0n) is 11.4. The molecule has 0 radical (unpaired) electrons. The van der Waals surface area contributed by atoms with Gasteiger partial charge in [0.2, 0.25) is 0 Å². The molecule has 0 aliphatic rings. The molecule has 0 aliphatic carbocycles. The standard InChI is InChI=1S/C12H19N3O4/c1-14-8-9(11(17)15(2)12(14)18)7-13-6-4-5-10(16)19-3/h8,13H,4-7H2,1-3H3. The van der Waals surface area contributed by atoms with Crippen molar-refractivity contribution in [3.8, 4) is 0 Å². The highest BCUT2D eigenvalue weighted by molar-refractivity contribution is 5.69. The average Bonchev–Trinajstić information content (AvgIpc) is 2.41. The van der Waals surface area contributed by atoms with Crippen LogP contribution in [0.25, 0.3) is 0 Å². The van der Waals surface area contributed by atoms with Crippen molar-refractivity contribution in [1.29, 1.82) is 0 Å². The molecule has 0 atom stereocenters. The number of hydrogen-bond donors (Lipinski definition) is 1. The normalized spacial score (nSPS) is 10.5. The molecule has 19 heavy (non-hydrogen) atoms. The molecule has 0 aromatic carbocycles. The SMILES string of the molecule is COC(=O)CCCNCc1cn(C)c(=O)n(C)c1=O. The van der Waals surface area contributed by atoms with Gasteiger partial charge in [0.15, 0.2) is 0 Å². The van der Waals surface area contributed by atoms with E-state index in [9.17, 15) is 14.4 Å². The van der Waals surface area contributed by atoms with Gasteiger partial charge in [-0.2, -0.15) is 0 Å². The summed E-state index contributed by atoms with van der Waals surface area (Å²) >= 11 is 0. The van der Waals surface area contributed by atoms with Crippen LogP contribution in [0.3, 0.4) is 0 Å². The third kappa shape index (κ3) is 4.06. The van der Waals surface area contributed by atoms with Crippen molar-refractivity contribution in [3.63, 3.8) is 0 Å². The van der Waals surface area contributed by atoms with E-state index < -0.39 is 0 Å². The van der Waals surface area contributed by atoms with Crippen LogP contribution in [0.5, 0.6) is 0 Å². The van der Waals surface area contributed by atoms with E-state index in [0.29, 0.717) is 31.5 Å². The number of nitrogens with zero attached hydrogens (tertiary/aromatic N) is 2. The Balaban J connectivity index is 2.53. The first kappa shape index (κ1) is 15.2. The Morgan fingerprint density at radius 1 is 1.37 bits per heavy atom. The number of ether oxygens (including phenoxy) is 1. The lowest BCUT2D eigenvalue weighted by molar-refractivity contribution is -0.140. The lowest BCUT2D eigenvalue weighted by atomic mass is 10.3. The van der Waals surface area contributed by atoms with E-state index >= 15 is 0 Å². The zero-order chi connectivity index (χ0) is 14.4. The monoisotopic (exact) mass is 269 g/mol. The number of aromatic nitrogens is 2. The van der Waals surface area contributed by atoms with E-state index in [1.54, 1.807) is 7.05 Å². The maximum absolute atomic E-state index is 11.8. The van der Waals surface area contributed by atoms with E-state index in [1.807, 2.05) is 0 Å². The predicted molar refractivity (Wildman–Crippen MR) is 69.9 cm³/mol. The van der Waals surface area contributed by atoms with E-state index in [2.05, 4.69) is 10.1 Å². The molecule has 7 heteroatoms. The number of nitrogens with one attached hydrogen (secondary N) is 1. The van der Waals surface area contributed by atoms with Gasteiger partial charge in [0, 0.05) is 38.8 Å². The molecule has 1 rings (SSSR count). The van der Waals surface area contributed by atoms with Gasteiger partial charge in [-0.05, 0) is 13.0 Å². The summed E-state index contributed by atoms with van der Waals surface area (Å²) in [5.74, 6) is -0.250. The van der Waals surface area contributed by atoms with Crippen molar-refractivity contribution in [1.82, 2.24) is 14.5 Å². The first-order valence-electron chi connectivity index (χ1n) is 6.00. The summed E-state index contributed by atoms with van der Waals surface area (Å²) in [6.07, 6.45) is 2.51. The van der Waals surface area contributed by atoms with Crippen molar-refractivity contribution < 1.29 is 9.53 Å². The number of aryl methyl sites for hydroxylation is 1. The third-order valence-corrected chi connectivity index (χ3v) is 2.80. The maximum Gasteiger partial charge on any atom is 0.330 e. The van der Waals surface area contributed by atoms with Gasteiger partial charge >= 0.3 is 11.7 Å². The second kappa shape index (κ2) is 6.89. The molecule has 0 spiro atoms. The molecule has 1 aromatic rings. The highest BCUT2D eigenvalue weighted by atomic mass is 16.5. The molecule has 1 aromatic heterocycles. The third-order valence-electron chi connectivity index (χ3n) is 2.80. The van der Waals surface area contributed by atoms with Crippen LogP contribution in [-0.2, 0) is 30.2 Å². The Morgan fingerprint density at radius 2 is 2.05 bits per heavy atom. The molecule has 0 bridgehead atoms. The predicted octanol–water partition coefficient (Wildman–Crippen LogP) is -0.873. The van der Waals surface area contributed by atoms with Gasteiger partial charge in [0.1, 0.15) is 0 Å². The number of esters is 1. The molecule has 0 saturated heterocycles. The van der Waals surface area contributed by atoms with Crippen LogP contribution in [0.15, 0.2) is 15.8 Å². The fraction of sp³-hybridized carbons (Fsp3) is 0.583. The second-order valence-electron chi connectivity index (χ2n) is 4.27. The first-order valence-corrected chi connectivity index (χ1v) is 6.00. The molecule has 0 aliphatic heterocycles. The number of carbonyl (C=O) groups is 1. The van der Waals surface area contributed by atoms with E-state index in [-0.39, 0.29) is 17.2 Å². The molecular weight excluding hydrogens is 250 g/mol. The van der Waals surface area contributed by atoms with Crippen molar-refractivity contribution in [2.75, 3.05) is 13.7 Å². The molecule has 0 fully saturated rings. The number of rotatable bonds is 6. The lowest BCUT2D eigenvalue weighted by Gasteiger charge is -2.07. The number of carbonyl (C=O) groups excluding carboxylic acids is 1. The van der Waals surface area contributed by atoms with Gasteiger partial charge in [-0.25, -0.2) is 4.79 Å². The quantitative estimate of drug-likeness (QED) is 0.536. The Hall–Kier alpha value is -1.89. The topological polar surface area (TPSA) is 82.3 Å². The van der Waals surface area contributed by atoms with Crippen LogP contribution in [0, 0.1) is 0 Å². The van der Waals surface area contributed by atoms with Gasteiger partial charge in [-0.15, -0.1) is 0 Å². The van der Waals surface area contributed by atoms with Gasteiger partial charge in [0.05, 0.1) is 7.11 Å². The minimum absolute atomic E-state index is 0.250. The fourth-order valence-electron chi connectivity index (χ4n) is 1.69. The summed E-state index contributed by atoms with van der Waals surface area (Å²) in [6.45, 7) is 0.961. The van der Waals surface area contributed by atoms with E-state index in [4.69, 9.17) is 0 Å². The Labute approximate surface area is 110 Å². The summed E-state index contributed by atoms with van der Waals surface area (Å²) in [6, 6.07) is 0. The van der Waals surface area contributed by atoms with Gasteiger partial charge in [0.25, 0.3) is 5.56 Å². The fourth-order valence-corrected chi connectivity index (χ4v) is 1.69. The Morgan fingerprint density at radius 3 is 2.68 bits per heavy atom. The van der Waals surface area contributed by atoms with E-state index in [1.165, 1.54) is 24.9 Å². The van der Waals surface area contributed by atoms with Crippen LogP contribution in [0.1, 0.15) is 18.4 Å². The van der Waals surface area contributed by atoms with Crippen molar-refractivity contribution in [3.05, 3.63) is 32.6 Å². The summed E-state index contributed by atoms with van der Waals surface area (Å²) < 4.78 is 6.96. The van der Waals surface area contributed by atoms with Crippen LogP contribution < -0.4 is 16.6 Å². The summed E-state index contributed by atoms with van der Waals surface area (Å²) in [5.41, 5.74) is -0.134. The summed E-state index contributed by atoms with van der Waals surface area (Å²) in [4.78, 5) is 34.2. The molecule has 1 heterocycles. The minimum atomic E-state index is -0.348. The van der Waals surface area contributed by atoms with Gasteiger partial charge < -0.3 is 14.6 Å². The molecule has 7 nitrogen and oxygen atoms in total. The molecule has 0 unspecified atom stereocenters. The number of methoxy groups -OCH3 is 1. The van der Waals surface area contributed by atoms with Crippen molar-refractivity contribution in [2.45, 2.75) is 19.4 Å². The highest BCUT2D eigenvalue weighted by Crippen LogP contribution is 1.92. The largest absolute Gasteiger partial charge is 0.469 e. The molecular formula is C12H19N3O4. The lowest BCUT2D eigenvalue weighted by Crippen LogP contribution is -2.39.